The zero-order chi connectivity index (χ0) is 17.2. The predicted molar refractivity (Wildman–Crippen MR) is 97.7 cm³/mol. The van der Waals surface area contributed by atoms with Gasteiger partial charge >= 0.3 is 5.97 Å². The Morgan fingerprint density at radius 2 is 1.22 bits per heavy atom. The Bertz CT molecular complexity index is 253. The largest absolute Gasteiger partial charge is 0.460 e. The van der Waals surface area contributed by atoms with Gasteiger partial charge in [0.2, 0.25) is 0 Å². The number of carbonyl (C=O) groups excluding carboxylic acids is 1. The van der Waals surface area contributed by atoms with Crippen molar-refractivity contribution in [2.75, 3.05) is 13.7 Å². The zero-order valence-corrected chi connectivity index (χ0v) is 15.9. The van der Waals surface area contributed by atoms with Gasteiger partial charge in [-0.25, -0.2) is 0 Å². The van der Waals surface area contributed by atoms with Crippen LogP contribution in [-0.2, 0) is 14.3 Å². The number of carbonyl (C=O) groups is 1. The number of hydrogen-bond acceptors (Lipinski definition) is 3. The van der Waals surface area contributed by atoms with Crippen molar-refractivity contribution in [3.05, 3.63) is 0 Å². The molecule has 0 amide bonds. The standard InChI is InChI=1S/C20H40O3/c1-4-5-6-7-8-9-10-11-12-13-14-15-16-17-20(21)23-19(2)18-22-3/h19H,4-18H2,1-3H3. The number of esters is 1. The maximum Gasteiger partial charge on any atom is 0.306 e. The molecule has 23 heavy (non-hydrogen) atoms. The molecule has 0 aliphatic heterocycles. The molecule has 0 spiro atoms. The second-order valence-corrected chi connectivity index (χ2v) is 6.75. The van der Waals surface area contributed by atoms with E-state index in [2.05, 4.69) is 6.92 Å². The summed E-state index contributed by atoms with van der Waals surface area (Å²) in [5, 5.41) is 0. The molecule has 0 radical (unpaired) electrons. The average Bonchev–Trinajstić information content (AvgIpc) is 2.52. The van der Waals surface area contributed by atoms with Crippen molar-refractivity contribution in [2.45, 2.75) is 110 Å². The lowest BCUT2D eigenvalue weighted by Crippen LogP contribution is -2.19. The first-order valence-electron chi connectivity index (χ1n) is 9.89. The van der Waals surface area contributed by atoms with E-state index in [-0.39, 0.29) is 12.1 Å². The molecule has 0 heterocycles. The maximum absolute atomic E-state index is 11.6. The fraction of sp³-hybridized carbons (Fsp3) is 0.950. The van der Waals surface area contributed by atoms with E-state index in [0.29, 0.717) is 13.0 Å². The van der Waals surface area contributed by atoms with Gasteiger partial charge in [-0.05, 0) is 13.3 Å². The molecule has 1 atom stereocenters. The molecule has 0 saturated heterocycles. The highest BCUT2D eigenvalue weighted by Gasteiger charge is 2.08. The summed E-state index contributed by atoms with van der Waals surface area (Å²) in [6.45, 7) is 4.61. The highest BCUT2D eigenvalue weighted by atomic mass is 16.6. The van der Waals surface area contributed by atoms with Gasteiger partial charge in [0.15, 0.2) is 0 Å². The van der Waals surface area contributed by atoms with Crippen LogP contribution in [0.5, 0.6) is 0 Å². The summed E-state index contributed by atoms with van der Waals surface area (Å²) in [5.74, 6) is -0.0855. The number of ether oxygens (including phenoxy) is 2. The zero-order valence-electron chi connectivity index (χ0n) is 15.9. The predicted octanol–water partition coefficient (Wildman–Crippen LogP) is 6.05. The summed E-state index contributed by atoms with van der Waals surface area (Å²) in [7, 11) is 1.62. The van der Waals surface area contributed by atoms with Gasteiger partial charge in [-0.15, -0.1) is 0 Å². The number of unbranched alkanes of at least 4 members (excludes halogenated alkanes) is 12. The molecule has 1 unspecified atom stereocenters. The van der Waals surface area contributed by atoms with Crippen molar-refractivity contribution >= 4 is 5.97 Å². The molecule has 0 aliphatic carbocycles. The second-order valence-electron chi connectivity index (χ2n) is 6.75. The van der Waals surface area contributed by atoms with Gasteiger partial charge in [-0.2, -0.15) is 0 Å². The summed E-state index contributed by atoms with van der Waals surface area (Å²) in [5.41, 5.74) is 0. The molecule has 0 N–H and O–H groups in total. The van der Waals surface area contributed by atoms with Crippen molar-refractivity contribution < 1.29 is 14.3 Å². The van der Waals surface area contributed by atoms with E-state index in [4.69, 9.17) is 9.47 Å². The molecule has 0 aromatic heterocycles. The number of hydrogen-bond donors (Lipinski definition) is 0. The minimum atomic E-state index is -0.130. The molecule has 138 valence electrons. The number of rotatable bonds is 17. The monoisotopic (exact) mass is 328 g/mol. The van der Waals surface area contributed by atoms with E-state index in [1.807, 2.05) is 6.92 Å². The lowest BCUT2D eigenvalue weighted by molar-refractivity contribution is -0.150. The van der Waals surface area contributed by atoms with Crippen LogP contribution in [0.15, 0.2) is 0 Å². The van der Waals surface area contributed by atoms with Gasteiger partial charge < -0.3 is 9.47 Å². The Morgan fingerprint density at radius 3 is 1.65 bits per heavy atom. The van der Waals surface area contributed by atoms with Crippen LogP contribution in [-0.4, -0.2) is 25.8 Å². The van der Waals surface area contributed by atoms with Gasteiger partial charge in [-0.3, -0.25) is 4.79 Å². The van der Waals surface area contributed by atoms with Gasteiger partial charge in [-0.1, -0.05) is 84.0 Å². The first kappa shape index (κ1) is 22.4. The van der Waals surface area contributed by atoms with Crippen LogP contribution in [0, 0.1) is 0 Å². The quantitative estimate of drug-likeness (QED) is 0.241. The van der Waals surface area contributed by atoms with Gasteiger partial charge in [0.05, 0.1) is 6.61 Å². The lowest BCUT2D eigenvalue weighted by atomic mass is 10.0. The summed E-state index contributed by atoms with van der Waals surface area (Å²) in [6.07, 6.45) is 17.6. The fourth-order valence-corrected chi connectivity index (χ4v) is 2.84. The Hall–Kier alpha value is -0.570. The van der Waals surface area contributed by atoms with Crippen LogP contribution in [0.2, 0.25) is 0 Å². The Labute approximate surface area is 144 Å². The number of methoxy groups -OCH3 is 1. The fourth-order valence-electron chi connectivity index (χ4n) is 2.84. The average molecular weight is 329 g/mol. The van der Waals surface area contributed by atoms with E-state index >= 15 is 0 Å². The van der Waals surface area contributed by atoms with Crippen molar-refractivity contribution in [1.82, 2.24) is 0 Å². The molecule has 0 aliphatic rings. The summed E-state index contributed by atoms with van der Waals surface area (Å²) >= 11 is 0. The lowest BCUT2D eigenvalue weighted by Gasteiger charge is -2.11. The molecule has 3 nitrogen and oxygen atoms in total. The maximum atomic E-state index is 11.6. The first-order valence-corrected chi connectivity index (χ1v) is 9.89. The van der Waals surface area contributed by atoms with Crippen LogP contribution in [0.3, 0.4) is 0 Å². The highest BCUT2D eigenvalue weighted by molar-refractivity contribution is 5.69. The van der Waals surface area contributed by atoms with E-state index < -0.39 is 0 Å². The molecule has 0 aromatic carbocycles. The van der Waals surface area contributed by atoms with E-state index in [9.17, 15) is 4.79 Å². The first-order chi connectivity index (χ1) is 11.2. The highest BCUT2D eigenvalue weighted by Crippen LogP contribution is 2.13. The van der Waals surface area contributed by atoms with Crippen molar-refractivity contribution in [1.29, 1.82) is 0 Å². The summed E-state index contributed by atoms with van der Waals surface area (Å²) < 4.78 is 10.2. The van der Waals surface area contributed by atoms with Crippen LogP contribution in [0.4, 0.5) is 0 Å². The minimum Gasteiger partial charge on any atom is -0.460 e. The van der Waals surface area contributed by atoms with Gasteiger partial charge in [0.25, 0.3) is 0 Å². The van der Waals surface area contributed by atoms with Crippen LogP contribution in [0.25, 0.3) is 0 Å². The smallest absolute Gasteiger partial charge is 0.306 e. The topological polar surface area (TPSA) is 35.5 Å². The second kappa shape index (κ2) is 17.8. The van der Waals surface area contributed by atoms with Gasteiger partial charge in [0, 0.05) is 13.5 Å². The SMILES string of the molecule is CCCCCCCCCCCCCCCC(=O)OC(C)COC. The van der Waals surface area contributed by atoms with Crippen molar-refractivity contribution in [3.8, 4) is 0 Å². The van der Waals surface area contributed by atoms with E-state index in [1.165, 1.54) is 70.6 Å². The summed E-state index contributed by atoms with van der Waals surface area (Å²) in [6, 6.07) is 0. The molecule has 0 aromatic rings. The molecular weight excluding hydrogens is 288 g/mol. The molecule has 0 fully saturated rings. The molecular formula is C20H40O3. The molecule has 0 rings (SSSR count). The normalized spacial score (nSPS) is 12.3. The summed E-state index contributed by atoms with van der Waals surface area (Å²) in [4.78, 5) is 11.6. The Balaban J connectivity index is 3.17. The molecule has 3 heteroatoms. The van der Waals surface area contributed by atoms with Gasteiger partial charge in [0.1, 0.15) is 6.10 Å². The third-order valence-electron chi connectivity index (χ3n) is 4.22. The molecule has 0 saturated carbocycles. The Morgan fingerprint density at radius 1 is 0.783 bits per heavy atom. The van der Waals surface area contributed by atoms with Crippen LogP contribution in [0.1, 0.15) is 104 Å². The third-order valence-corrected chi connectivity index (χ3v) is 4.22. The van der Waals surface area contributed by atoms with Crippen LogP contribution >= 0.6 is 0 Å². The minimum absolute atomic E-state index is 0.0855. The Kier molecular flexibility index (Phi) is 17.3. The van der Waals surface area contributed by atoms with E-state index in [0.717, 1.165) is 12.8 Å². The van der Waals surface area contributed by atoms with Crippen LogP contribution < -0.4 is 0 Å². The van der Waals surface area contributed by atoms with Crippen molar-refractivity contribution in [2.24, 2.45) is 0 Å². The third kappa shape index (κ3) is 17.6. The van der Waals surface area contributed by atoms with E-state index in [1.54, 1.807) is 7.11 Å². The van der Waals surface area contributed by atoms with Crippen molar-refractivity contribution in [3.63, 3.8) is 0 Å². The molecule has 0 bridgehead atoms.